The van der Waals surface area contributed by atoms with Gasteiger partial charge in [0.25, 0.3) is 0 Å². The van der Waals surface area contributed by atoms with E-state index in [0.29, 0.717) is 11.6 Å². The van der Waals surface area contributed by atoms with E-state index in [1.54, 1.807) is 0 Å². The summed E-state index contributed by atoms with van der Waals surface area (Å²) in [5.74, 6) is -1.05. The summed E-state index contributed by atoms with van der Waals surface area (Å²) in [4.78, 5) is 7.38. The maximum absolute atomic E-state index is 13.0. The number of aromatic nitrogens is 3. The van der Waals surface area contributed by atoms with Gasteiger partial charge in [-0.1, -0.05) is 13.3 Å². The van der Waals surface area contributed by atoms with Crippen molar-refractivity contribution in [2.45, 2.75) is 44.6 Å². The first-order valence-electron chi connectivity index (χ1n) is 7.10. The number of alkyl halides is 6. The van der Waals surface area contributed by atoms with Gasteiger partial charge in [0.15, 0.2) is 0 Å². The zero-order valence-corrected chi connectivity index (χ0v) is 12.0. The summed E-state index contributed by atoms with van der Waals surface area (Å²) in [5.41, 5.74) is 0.168. The topological polar surface area (TPSA) is 30.7 Å². The quantitative estimate of drug-likeness (QED) is 0.771. The van der Waals surface area contributed by atoms with Crippen LogP contribution in [-0.2, 0) is 12.7 Å². The average Bonchev–Trinajstić information content (AvgIpc) is 3.12. The van der Waals surface area contributed by atoms with E-state index >= 15 is 0 Å². The second-order valence-electron chi connectivity index (χ2n) is 5.74. The molecule has 0 aliphatic heterocycles. The zero-order chi connectivity index (χ0) is 17.0. The Morgan fingerprint density at radius 2 is 1.91 bits per heavy atom. The predicted molar refractivity (Wildman–Crippen MR) is 69.7 cm³/mol. The van der Waals surface area contributed by atoms with Crippen LogP contribution in [0.15, 0.2) is 12.3 Å². The van der Waals surface area contributed by atoms with Crippen molar-refractivity contribution in [3.8, 4) is 0 Å². The number of nitrogens with zero attached hydrogens (tertiary/aromatic N) is 3. The third kappa shape index (κ3) is 3.13. The van der Waals surface area contributed by atoms with Gasteiger partial charge in [0.1, 0.15) is 12.1 Å². The molecule has 0 radical (unpaired) electrons. The number of pyridine rings is 1. The molecule has 2 aromatic heterocycles. The molecule has 1 saturated carbocycles. The van der Waals surface area contributed by atoms with Crippen molar-refractivity contribution in [3.63, 3.8) is 0 Å². The molecule has 23 heavy (non-hydrogen) atoms. The van der Waals surface area contributed by atoms with Crippen LogP contribution in [0.1, 0.15) is 37.2 Å². The number of fused-ring (bicyclic) bond motifs is 1. The second kappa shape index (κ2) is 5.10. The van der Waals surface area contributed by atoms with Gasteiger partial charge >= 0.3 is 12.4 Å². The lowest BCUT2D eigenvalue weighted by molar-refractivity contribution is -0.160. The molecule has 3 rings (SSSR count). The summed E-state index contributed by atoms with van der Waals surface area (Å²) in [6, 6.07) is 1.31. The van der Waals surface area contributed by atoms with Crippen LogP contribution in [0.5, 0.6) is 0 Å². The Labute approximate surface area is 127 Å². The minimum absolute atomic E-state index is 0.105. The maximum atomic E-state index is 13.0. The van der Waals surface area contributed by atoms with E-state index in [-0.39, 0.29) is 21.5 Å². The highest BCUT2D eigenvalue weighted by atomic mass is 19.4. The third-order valence-electron chi connectivity index (χ3n) is 4.07. The first-order chi connectivity index (χ1) is 10.6. The van der Waals surface area contributed by atoms with Crippen molar-refractivity contribution in [2.75, 3.05) is 0 Å². The van der Waals surface area contributed by atoms with Crippen molar-refractivity contribution in [1.29, 1.82) is 0 Å². The Hall–Kier alpha value is -1.80. The summed E-state index contributed by atoms with van der Waals surface area (Å²) in [7, 11) is 0. The van der Waals surface area contributed by atoms with E-state index in [9.17, 15) is 26.3 Å². The highest BCUT2D eigenvalue weighted by Gasteiger charge is 2.42. The van der Waals surface area contributed by atoms with Gasteiger partial charge in [-0.2, -0.15) is 26.3 Å². The molecule has 9 heteroatoms. The molecule has 0 N–H and O–H groups in total. The van der Waals surface area contributed by atoms with Crippen LogP contribution < -0.4 is 0 Å². The Balaban J connectivity index is 2.11. The van der Waals surface area contributed by atoms with Crippen molar-refractivity contribution < 1.29 is 26.3 Å². The van der Waals surface area contributed by atoms with E-state index < -0.39 is 24.7 Å². The number of hydrogen-bond acceptors (Lipinski definition) is 2. The highest BCUT2D eigenvalue weighted by Crippen LogP contribution is 2.49. The predicted octanol–water partition coefficient (Wildman–Crippen LogP) is 4.53. The Kier molecular flexibility index (Phi) is 3.57. The van der Waals surface area contributed by atoms with Gasteiger partial charge in [0.2, 0.25) is 5.82 Å². The van der Waals surface area contributed by atoms with Crippen molar-refractivity contribution >= 4 is 11.0 Å². The summed E-state index contributed by atoms with van der Waals surface area (Å²) in [6.45, 7) is 0.253. The third-order valence-corrected chi connectivity index (χ3v) is 4.07. The smallest absolute Gasteiger partial charge is 0.311 e. The fourth-order valence-corrected chi connectivity index (χ4v) is 2.86. The fourth-order valence-electron chi connectivity index (χ4n) is 2.86. The van der Waals surface area contributed by atoms with Gasteiger partial charge in [0, 0.05) is 11.6 Å². The van der Waals surface area contributed by atoms with E-state index in [0.717, 1.165) is 19.0 Å². The van der Waals surface area contributed by atoms with Crippen LogP contribution in [0, 0.1) is 5.92 Å². The molecule has 0 aromatic carbocycles. The molecule has 2 heterocycles. The van der Waals surface area contributed by atoms with Gasteiger partial charge in [-0.25, -0.2) is 4.98 Å². The fraction of sp³-hybridized carbons (Fsp3) is 0.571. The summed E-state index contributed by atoms with van der Waals surface area (Å²) >= 11 is 0. The SMILES string of the molecule is CC[C@H]1C[C@@H]1c1cc2c(cn1)nc(C(F)(F)F)n2CC(F)(F)F. The molecule has 1 aliphatic rings. The lowest BCUT2D eigenvalue weighted by atomic mass is 10.2. The summed E-state index contributed by atoms with van der Waals surface area (Å²) < 4.78 is 77.1. The number of hydrogen-bond donors (Lipinski definition) is 0. The molecular weight excluding hydrogens is 324 g/mol. The van der Waals surface area contributed by atoms with Crippen LogP contribution in [0.4, 0.5) is 26.3 Å². The minimum atomic E-state index is -4.96. The summed E-state index contributed by atoms with van der Waals surface area (Å²) in [5, 5.41) is 0. The van der Waals surface area contributed by atoms with Crippen LogP contribution in [-0.4, -0.2) is 20.7 Å². The van der Waals surface area contributed by atoms with Crippen molar-refractivity contribution in [2.24, 2.45) is 5.92 Å². The van der Waals surface area contributed by atoms with Crippen molar-refractivity contribution in [3.05, 3.63) is 23.8 Å². The number of rotatable bonds is 3. The van der Waals surface area contributed by atoms with Gasteiger partial charge in [0.05, 0.1) is 11.7 Å². The second-order valence-corrected chi connectivity index (χ2v) is 5.74. The van der Waals surface area contributed by atoms with Crippen LogP contribution >= 0.6 is 0 Å². The van der Waals surface area contributed by atoms with Gasteiger partial charge in [-0.05, 0) is 18.4 Å². The molecular formula is C14H13F6N3. The number of imidazole rings is 1. The molecule has 0 amide bonds. The Bertz CT molecular complexity index is 730. The van der Waals surface area contributed by atoms with Crippen LogP contribution in [0.2, 0.25) is 0 Å². The monoisotopic (exact) mass is 337 g/mol. The molecule has 126 valence electrons. The minimum Gasteiger partial charge on any atom is -0.311 e. The molecule has 0 saturated heterocycles. The normalized spacial score (nSPS) is 21.9. The van der Waals surface area contributed by atoms with Crippen molar-refractivity contribution in [1.82, 2.24) is 14.5 Å². The molecule has 2 aromatic rings. The molecule has 0 spiro atoms. The van der Waals surface area contributed by atoms with Gasteiger partial charge < -0.3 is 4.57 Å². The first-order valence-corrected chi connectivity index (χ1v) is 7.10. The highest BCUT2D eigenvalue weighted by molar-refractivity contribution is 5.76. The lowest BCUT2D eigenvalue weighted by Gasteiger charge is -2.13. The lowest BCUT2D eigenvalue weighted by Crippen LogP contribution is -2.23. The molecule has 1 fully saturated rings. The summed E-state index contributed by atoms with van der Waals surface area (Å²) in [6.07, 6.45) is -6.86. The Morgan fingerprint density at radius 1 is 1.22 bits per heavy atom. The van der Waals surface area contributed by atoms with E-state index in [4.69, 9.17) is 0 Å². The molecule has 0 unspecified atom stereocenters. The largest absolute Gasteiger partial charge is 0.449 e. The van der Waals surface area contributed by atoms with Crippen LogP contribution in [0.3, 0.4) is 0 Å². The molecule has 0 bridgehead atoms. The van der Waals surface area contributed by atoms with E-state index in [1.165, 1.54) is 6.07 Å². The zero-order valence-electron chi connectivity index (χ0n) is 12.0. The van der Waals surface area contributed by atoms with Crippen LogP contribution in [0.25, 0.3) is 11.0 Å². The van der Waals surface area contributed by atoms with E-state index in [2.05, 4.69) is 9.97 Å². The van der Waals surface area contributed by atoms with E-state index in [1.807, 2.05) is 6.92 Å². The first kappa shape index (κ1) is 16.1. The Morgan fingerprint density at radius 3 is 2.43 bits per heavy atom. The molecule has 3 nitrogen and oxygen atoms in total. The maximum Gasteiger partial charge on any atom is 0.449 e. The van der Waals surface area contributed by atoms with Gasteiger partial charge in [-0.3, -0.25) is 4.98 Å². The average molecular weight is 337 g/mol. The number of halogens is 6. The molecule has 1 aliphatic carbocycles. The standard InChI is InChI=1S/C14H13F6N3/c1-2-7-3-8(7)9-4-11-10(5-21-9)22-12(14(18,19)20)23(11)6-13(15,16)17/h4-5,7-8H,2-3,6H2,1H3/t7-,8-/m0/s1. The van der Waals surface area contributed by atoms with Gasteiger partial charge in [-0.15, -0.1) is 0 Å². The molecule has 2 atom stereocenters.